The molecule has 4 nitrogen and oxygen atoms in total. The minimum atomic E-state index is -3.57. The van der Waals surface area contributed by atoms with E-state index in [1.54, 1.807) is 30.5 Å². The van der Waals surface area contributed by atoms with E-state index in [9.17, 15) is 8.42 Å². The highest BCUT2D eigenvalue weighted by atomic mass is 32.2. The van der Waals surface area contributed by atoms with Crippen molar-refractivity contribution in [1.82, 2.24) is 4.83 Å². The van der Waals surface area contributed by atoms with E-state index in [0.717, 1.165) is 12.0 Å². The minimum Gasteiger partial charge on any atom is -0.200 e. The van der Waals surface area contributed by atoms with E-state index < -0.39 is 10.0 Å². The Hall–Kier alpha value is -2.14. The van der Waals surface area contributed by atoms with Crippen LogP contribution in [-0.2, 0) is 16.4 Å². The second kappa shape index (κ2) is 7.04. The first-order valence-electron chi connectivity index (χ1n) is 6.72. The summed E-state index contributed by atoms with van der Waals surface area (Å²) in [5.41, 5.74) is 2.21. The molecule has 0 amide bonds. The summed E-state index contributed by atoms with van der Waals surface area (Å²) in [5.74, 6) is 0. The second-order valence-corrected chi connectivity index (χ2v) is 6.40. The van der Waals surface area contributed by atoms with Gasteiger partial charge >= 0.3 is 0 Å². The van der Waals surface area contributed by atoms with Gasteiger partial charge in [-0.05, 0) is 37.5 Å². The number of nitrogens with one attached hydrogen (secondary N) is 1. The Bertz CT molecular complexity index is 693. The number of hydrogen-bond acceptors (Lipinski definition) is 3. The minimum absolute atomic E-state index is 0.216. The largest absolute Gasteiger partial charge is 0.276 e. The number of sulfonamides is 1. The molecule has 0 aliphatic carbocycles. The molecule has 0 heterocycles. The van der Waals surface area contributed by atoms with E-state index in [1.807, 2.05) is 37.3 Å². The first-order valence-corrected chi connectivity index (χ1v) is 8.20. The zero-order valence-electron chi connectivity index (χ0n) is 11.9. The van der Waals surface area contributed by atoms with Crippen LogP contribution in [0.1, 0.15) is 17.5 Å². The summed E-state index contributed by atoms with van der Waals surface area (Å²) in [7, 11) is -3.57. The van der Waals surface area contributed by atoms with Gasteiger partial charge in [-0.1, -0.05) is 48.0 Å². The van der Waals surface area contributed by atoms with Crippen LogP contribution >= 0.6 is 0 Å². The van der Waals surface area contributed by atoms with Crippen molar-refractivity contribution in [3.63, 3.8) is 0 Å². The second-order valence-electron chi connectivity index (χ2n) is 4.74. The van der Waals surface area contributed by atoms with Crippen molar-refractivity contribution in [2.75, 3.05) is 0 Å². The molecule has 1 N–H and O–H groups in total. The lowest BCUT2D eigenvalue weighted by atomic mass is 10.1. The number of benzene rings is 2. The zero-order valence-corrected chi connectivity index (χ0v) is 12.7. The summed E-state index contributed by atoms with van der Waals surface area (Å²) in [6, 6.07) is 16.6. The van der Waals surface area contributed by atoms with Crippen molar-refractivity contribution in [2.24, 2.45) is 5.10 Å². The van der Waals surface area contributed by atoms with Crippen LogP contribution in [0.2, 0.25) is 0 Å². The van der Waals surface area contributed by atoms with Gasteiger partial charge in [-0.15, -0.1) is 0 Å². The number of hydrogen-bond donors (Lipinski definition) is 1. The highest BCUT2D eigenvalue weighted by Crippen LogP contribution is 2.09. The third-order valence-corrected chi connectivity index (χ3v) is 4.24. The van der Waals surface area contributed by atoms with E-state index in [0.29, 0.717) is 6.42 Å². The highest BCUT2D eigenvalue weighted by Gasteiger charge is 2.11. The van der Waals surface area contributed by atoms with Gasteiger partial charge in [0, 0.05) is 6.21 Å². The summed E-state index contributed by atoms with van der Waals surface area (Å²) >= 11 is 0. The summed E-state index contributed by atoms with van der Waals surface area (Å²) in [4.78, 5) is 2.44. The van der Waals surface area contributed by atoms with Crippen LogP contribution in [0, 0.1) is 6.92 Å². The predicted octanol–water partition coefficient (Wildman–Crippen LogP) is 2.89. The lowest BCUT2D eigenvalue weighted by Gasteiger charge is -2.03. The van der Waals surface area contributed by atoms with Crippen LogP contribution in [0.3, 0.4) is 0 Å². The van der Waals surface area contributed by atoms with Gasteiger partial charge in [-0.3, -0.25) is 0 Å². The standard InChI is InChI=1S/C16H18N2O2S/c1-14-9-11-16(12-10-14)21(19,20)18-17-13-5-8-15-6-3-2-4-7-15/h2-4,6-7,9-13,18H,5,8H2,1H3. The maximum atomic E-state index is 12.0. The number of rotatable bonds is 6. The molecule has 0 bridgehead atoms. The molecule has 21 heavy (non-hydrogen) atoms. The lowest BCUT2D eigenvalue weighted by molar-refractivity contribution is 0.584. The molecule has 0 unspecified atom stereocenters. The number of nitrogens with zero attached hydrogens (tertiary/aromatic N) is 1. The molecular weight excluding hydrogens is 284 g/mol. The predicted molar refractivity (Wildman–Crippen MR) is 84.8 cm³/mol. The summed E-state index contributed by atoms with van der Waals surface area (Å²) in [6.45, 7) is 1.91. The molecule has 0 radical (unpaired) electrons. The maximum Gasteiger partial charge on any atom is 0.276 e. The van der Waals surface area contributed by atoms with Gasteiger partial charge < -0.3 is 0 Å². The smallest absolute Gasteiger partial charge is 0.200 e. The SMILES string of the molecule is Cc1ccc(S(=O)(=O)NN=CCCc2ccccc2)cc1. The van der Waals surface area contributed by atoms with Crippen LogP contribution in [0.4, 0.5) is 0 Å². The van der Waals surface area contributed by atoms with Crippen LogP contribution in [0.5, 0.6) is 0 Å². The Balaban J connectivity index is 1.87. The van der Waals surface area contributed by atoms with E-state index in [4.69, 9.17) is 0 Å². The Morgan fingerprint density at radius 2 is 1.71 bits per heavy atom. The third kappa shape index (κ3) is 4.72. The fourth-order valence-corrected chi connectivity index (χ4v) is 2.63. The third-order valence-electron chi connectivity index (χ3n) is 3.00. The highest BCUT2D eigenvalue weighted by molar-refractivity contribution is 7.89. The van der Waals surface area contributed by atoms with Crippen LogP contribution in [-0.4, -0.2) is 14.6 Å². The molecule has 2 aromatic rings. The van der Waals surface area contributed by atoms with Crippen molar-refractivity contribution < 1.29 is 8.42 Å². The van der Waals surface area contributed by atoms with Crippen molar-refractivity contribution in [2.45, 2.75) is 24.7 Å². The Morgan fingerprint density at radius 1 is 1.05 bits per heavy atom. The summed E-state index contributed by atoms with van der Waals surface area (Å²) in [6.07, 6.45) is 3.09. The quantitative estimate of drug-likeness (QED) is 0.659. The first-order chi connectivity index (χ1) is 10.1. The van der Waals surface area contributed by atoms with E-state index >= 15 is 0 Å². The average molecular weight is 302 g/mol. The summed E-state index contributed by atoms with van der Waals surface area (Å²) in [5, 5.41) is 3.79. The molecule has 2 aromatic carbocycles. The van der Waals surface area contributed by atoms with Gasteiger partial charge in [0.05, 0.1) is 4.90 Å². The average Bonchev–Trinajstić information content (AvgIpc) is 2.48. The number of hydrazone groups is 1. The van der Waals surface area contributed by atoms with Gasteiger partial charge in [0.2, 0.25) is 0 Å². The maximum absolute atomic E-state index is 12.0. The van der Waals surface area contributed by atoms with Gasteiger partial charge in [0.25, 0.3) is 10.0 Å². The van der Waals surface area contributed by atoms with E-state index in [2.05, 4.69) is 9.93 Å². The molecule has 0 aliphatic heterocycles. The van der Waals surface area contributed by atoms with E-state index in [-0.39, 0.29) is 4.90 Å². The van der Waals surface area contributed by atoms with Gasteiger partial charge in [-0.2, -0.15) is 13.5 Å². The van der Waals surface area contributed by atoms with Gasteiger partial charge in [0.1, 0.15) is 0 Å². The van der Waals surface area contributed by atoms with Crippen molar-refractivity contribution in [3.05, 3.63) is 65.7 Å². The monoisotopic (exact) mass is 302 g/mol. The van der Waals surface area contributed by atoms with Crippen molar-refractivity contribution >= 4 is 16.2 Å². The molecule has 0 aliphatic rings. The summed E-state index contributed by atoms with van der Waals surface area (Å²) < 4.78 is 23.9. The van der Waals surface area contributed by atoms with Gasteiger partial charge in [0.15, 0.2) is 0 Å². The molecule has 0 saturated heterocycles. The molecule has 2 rings (SSSR count). The van der Waals surface area contributed by atoms with E-state index in [1.165, 1.54) is 5.56 Å². The molecule has 0 spiro atoms. The molecule has 5 heteroatoms. The molecule has 0 aromatic heterocycles. The topological polar surface area (TPSA) is 58.5 Å². The fourth-order valence-electron chi connectivity index (χ4n) is 1.82. The Labute approximate surface area is 125 Å². The molecular formula is C16H18N2O2S. The Morgan fingerprint density at radius 3 is 2.38 bits per heavy atom. The first kappa shape index (κ1) is 15.3. The lowest BCUT2D eigenvalue weighted by Crippen LogP contribution is -2.18. The van der Waals surface area contributed by atoms with Crippen LogP contribution in [0.15, 0.2) is 64.6 Å². The normalized spacial score (nSPS) is 11.7. The Kier molecular flexibility index (Phi) is 5.11. The molecule has 0 saturated carbocycles. The van der Waals surface area contributed by atoms with Crippen LogP contribution in [0.25, 0.3) is 0 Å². The molecule has 0 atom stereocenters. The molecule has 0 fully saturated rings. The fraction of sp³-hybridized carbons (Fsp3) is 0.188. The zero-order chi connectivity index (χ0) is 15.1. The molecule has 110 valence electrons. The number of aryl methyl sites for hydroxylation is 2. The van der Waals surface area contributed by atoms with Crippen molar-refractivity contribution in [3.8, 4) is 0 Å². The van der Waals surface area contributed by atoms with Crippen molar-refractivity contribution in [1.29, 1.82) is 0 Å². The van der Waals surface area contributed by atoms with Crippen LogP contribution < -0.4 is 4.83 Å². The van der Waals surface area contributed by atoms with Gasteiger partial charge in [-0.25, -0.2) is 4.83 Å².